The molecule has 0 radical (unpaired) electrons. The fraction of sp³-hybridized carbons (Fsp3) is 0.429. The van der Waals surface area contributed by atoms with Gasteiger partial charge in [0.2, 0.25) is 0 Å². The minimum atomic E-state index is -0.768. The molecule has 1 N–H and O–H groups in total. The third-order valence-electron chi connectivity index (χ3n) is 4.21. The van der Waals surface area contributed by atoms with Crippen LogP contribution in [0.1, 0.15) is 27.7 Å². The average molecular weight is 289 g/mol. The predicted molar refractivity (Wildman–Crippen MR) is 78.8 cm³/mol. The van der Waals surface area contributed by atoms with E-state index in [0.29, 0.717) is 16.4 Å². The largest absolute Gasteiger partial charge is 0.494 e. The number of aromatic nitrogens is 1. The molecule has 0 bridgehead atoms. The summed E-state index contributed by atoms with van der Waals surface area (Å²) >= 11 is 0. The van der Waals surface area contributed by atoms with Crippen LogP contribution < -0.4 is 16.8 Å². The molecule has 1 saturated heterocycles. The molecular weight excluding hydrogens is 273 g/mol. The van der Waals surface area contributed by atoms with Gasteiger partial charge in [0.15, 0.2) is 0 Å². The van der Waals surface area contributed by atoms with Crippen LogP contribution in [-0.2, 0) is 9.31 Å². The average Bonchev–Trinajstić information content (AvgIpc) is 2.58. The van der Waals surface area contributed by atoms with Gasteiger partial charge in [0.25, 0.3) is 0 Å². The number of hydrogen-bond acceptors (Lipinski definition) is 5. The number of H-pyrrole nitrogens is 1. The number of nitrogens with one attached hydrogen (secondary N) is 1. The van der Waals surface area contributed by atoms with Gasteiger partial charge in [-0.05, 0) is 45.3 Å². The van der Waals surface area contributed by atoms with Crippen molar-refractivity contribution in [2.75, 3.05) is 0 Å². The molecule has 0 unspecified atom stereocenters. The summed E-state index contributed by atoms with van der Waals surface area (Å²) in [5, 5.41) is 0.293. The highest BCUT2D eigenvalue weighted by atomic mass is 16.7. The zero-order chi connectivity index (χ0) is 15.4. The molecule has 1 aromatic carbocycles. The topological polar surface area (TPSA) is 81.5 Å². The lowest BCUT2D eigenvalue weighted by molar-refractivity contribution is 0.00578. The number of aromatic amines is 1. The van der Waals surface area contributed by atoms with Crippen molar-refractivity contribution >= 4 is 23.5 Å². The van der Waals surface area contributed by atoms with Gasteiger partial charge < -0.3 is 13.7 Å². The molecule has 1 aliphatic rings. The molecule has 0 saturated carbocycles. The Bertz CT molecular complexity index is 804. The lowest BCUT2D eigenvalue weighted by Crippen LogP contribution is -2.41. The van der Waals surface area contributed by atoms with Crippen LogP contribution in [0.2, 0.25) is 0 Å². The summed E-state index contributed by atoms with van der Waals surface area (Å²) in [6.07, 6.45) is 0. The van der Waals surface area contributed by atoms with Crippen molar-refractivity contribution in [3.05, 3.63) is 39.2 Å². The van der Waals surface area contributed by atoms with E-state index < -0.39 is 29.7 Å². The molecule has 110 valence electrons. The van der Waals surface area contributed by atoms with Crippen LogP contribution >= 0.6 is 0 Å². The molecule has 0 aliphatic carbocycles. The van der Waals surface area contributed by atoms with Gasteiger partial charge in [0, 0.05) is 0 Å². The van der Waals surface area contributed by atoms with Crippen molar-refractivity contribution in [1.29, 1.82) is 0 Å². The van der Waals surface area contributed by atoms with E-state index in [2.05, 4.69) is 9.40 Å². The summed E-state index contributed by atoms with van der Waals surface area (Å²) in [7, 11) is -0.564. The molecule has 7 heteroatoms. The van der Waals surface area contributed by atoms with Crippen molar-refractivity contribution in [3.63, 3.8) is 0 Å². The van der Waals surface area contributed by atoms with Gasteiger partial charge in [-0.1, -0.05) is 6.07 Å². The molecule has 2 aromatic rings. The van der Waals surface area contributed by atoms with Crippen LogP contribution in [0.3, 0.4) is 0 Å². The summed E-state index contributed by atoms with van der Waals surface area (Å²) in [6.45, 7) is 7.83. The van der Waals surface area contributed by atoms with E-state index in [-0.39, 0.29) is 0 Å². The molecule has 1 aromatic heterocycles. The molecule has 0 atom stereocenters. The van der Waals surface area contributed by atoms with E-state index in [4.69, 9.17) is 9.31 Å². The predicted octanol–water partition coefficient (Wildman–Crippen LogP) is 0.780. The molecule has 1 fully saturated rings. The lowest BCUT2D eigenvalue weighted by Gasteiger charge is -2.32. The third kappa shape index (κ3) is 2.22. The summed E-state index contributed by atoms with van der Waals surface area (Å²) in [4.78, 5) is 25.4. The first-order valence-corrected chi connectivity index (χ1v) is 6.72. The minimum Gasteiger partial charge on any atom is -0.399 e. The molecular formula is C14H16BNO5. The second-order valence-corrected chi connectivity index (χ2v) is 6.20. The Hall–Kier alpha value is -1.86. The quantitative estimate of drug-likeness (QED) is 0.785. The van der Waals surface area contributed by atoms with E-state index >= 15 is 0 Å². The van der Waals surface area contributed by atoms with Crippen molar-refractivity contribution < 1.29 is 13.7 Å². The molecule has 6 nitrogen and oxygen atoms in total. The Kier molecular flexibility index (Phi) is 2.90. The van der Waals surface area contributed by atoms with Crippen molar-refractivity contribution in [1.82, 2.24) is 4.98 Å². The third-order valence-corrected chi connectivity index (χ3v) is 4.21. The smallest absolute Gasteiger partial charge is 0.399 e. The Balaban J connectivity index is 2.07. The van der Waals surface area contributed by atoms with Crippen molar-refractivity contribution in [3.8, 4) is 0 Å². The maximum atomic E-state index is 11.8. The van der Waals surface area contributed by atoms with Gasteiger partial charge in [-0.3, -0.25) is 4.98 Å². The van der Waals surface area contributed by atoms with Gasteiger partial charge >= 0.3 is 18.5 Å². The fourth-order valence-corrected chi connectivity index (χ4v) is 2.24. The molecule has 21 heavy (non-hydrogen) atoms. The van der Waals surface area contributed by atoms with Gasteiger partial charge in [-0.2, -0.15) is 0 Å². The number of fused-ring (bicyclic) bond motifs is 1. The Morgan fingerprint density at radius 3 is 2.29 bits per heavy atom. The SMILES string of the molecule is CC1(C)OB(c2ccc3[nH]c(=O)oc(=O)c3c2)OC1(C)C. The zero-order valence-corrected chi connectivity index (χ0v) is 12.4. The monoisotopic (exact) mass is 289 g/mol. The fourth-order valence-electron chi connectivity index (χ4n) is 2.24. The standard InChI is InChI=1S/C14H16BNO5/c1-13(2)14(3,4)21-15(20-13)8-5-6-10-9(7-8)11(17)19-12(18)16-10/h5-7H,1-4H3,(H,16,18). The minimum absolute atomic E-state index is 0.293. The van der Waals surface area contributed by atoms with Crippen LogP contribution in [0.4, 0.5) is 0 Å². The summed E-state index contributed by atoms with van der Waals surface area (Å²) in [5.41, 5.74) is -0.450. The number of hydrogen-bond donors (Lipinski definition) is 1. The van der Waals surface area contributed by atoms with Crippen LogP contribution in [0.15, 0.2) is 32.2 Å². The van der Waals surface area contributed by atoms with E-state index in [9.17, 15) is 9.59 Å². The number of benzene rings is 1. The van der Waals surface area contributed by atoms with Crippen molar-refractivity contribution in [2.45, 2.75) is 38.9 Å². The normalized spacial score (nSPS) is 20.1. The van der Waals surface area contributed by atoms with E-state index in [1.165, 1.54) is 0 Å². The summed E-state index contributed by atoms with van der Waals surface area (Å²) in [5.74, 6) is -0.768. The van der Waals surface area contributed by atoms with Gasteiger partial charge in [-0.15, -0.1) is 0 Å². The lowest BCUT2D eigenvalue weighted by atomic mass is 9.78. The van der Waals surface area contributed by atoms with Gasteiger partial charge in [0.1, 0.15) is 0 Å². The second-order valence-electron chi connectivity index (χ2n) is 6.20. The Morgan fingerprint density at radius 2 is 1.67 bits per heavy atom. The highest BCUT2D eigenvalue weighted by molar-refractivity contribution is 6.62. The molecule has 0 spiro atoms. The molecule has 1 aliphatic heterocycles. The Morgan fingerprint density at radius 1 is 1.05 bits per heavy atom. The molecule has 2 heterocycles. The Labute approximate surface area is 121 Å². The van der Waals surface area contributed by atoms with Gasteiger partial charge in [0.05, 0.1) is 22.1 Å². The van der Waals surface area contributed by atoms with Crippen LogP contribution in [0.5, 0.6) is 0 Å². The zero-order valence-electron chi connectivity index (χ0n) is 12.4. The second kappa shape index (κ2) is 4.32. The number of rotatable bonds is 1. The van der Waals surface area contributed by atoms with Crippen LogP contribution in [0.25, 0.3) is 10.9 Å². The maximum absolute atomic E-state index is 11.8. The van der Waals surface area contributed by atoms with E-state index in [0.717, 1.165) is 0 Å². The first kappa shape index (κ1) is 14.1. The van der Waals surface area contributed by atoms with E-state index in [1.807, 2.05) is 27.7 Å². The van der Waals surface area contributed by atoms with Crippen molar-refractivity contribution in [2.24, 2.45) is 0 Å². The highest BCUT2D eigenvalue weighted by Gasteiger charge is 2.51. The van der Waals surface area contributed by atoms with Crippen LogP contribution in [0, 0.1) is 0 Å². The van der Waals surface area contributed by atoms with E-state index in [1.54, 1.807) is 18.2 Å². The molecule has 3 rings (SSSR count). The first-order valence-electron chi connectivity index (χ1n) is 6.72. The van der Waals surface area contributed by atoms with Crippen LogP contribution in [-0.4, -0.2) is 23.3 Å². The summed E-state index contributed by atoms with van der Waals surface area (Å²) in [6, 6.07) is 5.03. The maximum Gasteiger partial charge on any atom is 0.494 e. The first-order chi connectivity index (χ1) is 9.69. The van der Waals surface area contributed by atoms with Gasteiger partial charge in [-0.25, -0.2) is 9.59 Å². The molecule has 0 amide bonds. The summed E-state index contributed by atoms with van der Waals surface area (Å²) < 4.78 is 16.4. The highest BCUT2D eigenvalue weighted by Crippen LogP contribution is 2.36.